The number of nitrogens with zero attached hydrogens (tertiary/aromatic N) is 1. The minimum absolute atomic E-state index is 0.0745. The Kier molecular flexibility index (Phi) is 6.26. The minimum Gasteiger partial charge on any atom is -0.392 e. The Morgan fingerprint density at radius 2 is 1.10 bits per heavy atom. The molecule has 0 fully saturated rings. The van der Waals surface area contributed by atoms with Crippen LogP contribution in [0, 0.1) is 6.92 Å². The van der Waals surface area contributed by atoms with E-state index in [2.05, 4.69) is 157 Å². The smallest absolute Gasteiger partial charge is 0.0707 e. The summed E-state index contributed by atoms with van der Waals surface area (Å²) in [6.07, 6.45) is 0. The molecule has 0 spiro atoms. The van der Waals surface area contributed by atoms with E-state index >= 15 is 0 Å². The lowest BCUT2D eigenvalue weighted by molar-refractivity contribution is 0.280. The van der Waals surface area contributed by atoms with Crippen LogP contribution in [0.25, 0.3) is 27.5 Å². The zero-order chi connectivity index (χ0) is 27.8. The van der Waals surface area contributed by atoms with Crippen molar-refractivity contribution < 1.29 is 5.11 Å². The lowest BCUT2D eigenvalue weighted by Crippen LogP contribution is -2.33. The van der Waals surface area contributed by atoms with Gasteiger partial charge in [-0.05, 0) is 70.6 Å². The van der Waals surface area contributed by atoms with Gasteiger partial charge in [0.2, 0.25) is 0 Å². The summed E-state index contributed by atoms with van der Waals surface area (Å²) in [5, 5.41) is 13.4. The molecule has 41 heavy (non-hydrogen) atoms. The topological polar surface area (TPSA) is 25.2 Å². The first-order valence-electron chi connectivity index (χ1n) is 14.1. The largest absolute Gasteiger partial charge is 0.392 e. The molecule has 0 aliphatic rings. The van der Waals surface area contributed by atoms with Crippen LogP contribution in [-0.2, 0) is 12.0 Å². The van der Waals surface area contributed by atoms with Crippen molar-refractivity contribution in [1.82, 2.24) is 4.57 Å². The second-order valence-electron chi connectivity index (χ2n) is 10.7. The van der Waals surface area contributed by atoms with E-state index in [0.29, 0.717) is 0 Å². The maximum Gasteiger partial charge on any atom is 0.0707 e. The van der Waals surface area contributed by atoms with Crippen molar-refractivity contribution in [2.45, 2.75) is 18.9 Å². The highest BCUT2D eigenvalue weighted by molar-refractivity contribution is 6.10. The molecular formula is C39H31NO. The molecule has 0 aliphatic carbocycles. The Labute approximate surface area is 240 Å². The molecule has 0 amide bonds. The van der Waals surface area contributed by atoms with E-state index in [9.17, 15) is 5.11 Å². The summed E-state index contributed by atoms with van der Waals surface area (Å²) < 4.78 is 2.31. The first kappa shape index (κ1) is 25.1. The molecule has 198 valence electrons. The molecule has 0 saturated heterocycles. The average molecular weight is 530 g/mol. The summed E-state index contributed by atoms with van der Waals surface area (Å²) in [6, 6.07) is 53.8. The van der Waals surface area contributed by atoms with E-state index in [1.807, 2.05) is 6.07 Å². The van der Waals surface area contributed by atoms with Gasteiger partial charge in [-0.25, -0.2) is 0 Å². The highest BCUT2D eigenvalue weighted by Crippen LogP contribution is 2.49. The van der Waals surface area contributed by atoms with E-state index in [1.54, 1.807) is 0 Å². The molecule has 0 saturated carbocycles. The summed E-state index contributed by atoms with van der Waals surface area (Å²) >= 11 is 0. The second-order valence-corrected chi connectivity index (χ2v) is 10.7. The number of benzene rings is 6. The molecule has 7 rings (SSSR count). The van der Waals surface area contributed by atoms with Gasteiger partial charge in [0.05, 0.1) is 23.1 Å². The number of para-hydroxylation sites is 2. The van der Waals surface area contributed by atoms with Gasteiger partial charge < -0.3 is 9.67 Å². The zero-order valence-electron chi connectivity index (χ0n) is 23.0. The molecule has 1 N–H and O–H groups in total. The van der Waals surface area contributed by atoms with Crippen molar-refractivity contribution in [3.8, 4) is 5.69 Å². The maximum atomic E-state index is 11.1. The van der Waals surface area contributed by atoms with Crippen LogP contribution in [0.5, 0.6) is 0 Å². The van der Waals surface area contributed by atoms with Crippen LogP contribution in [0.1, 0.15) is 33.4 Å². The van der Waals surface area contributed by atoms with E-state index in [4.69, 9.17) is 0 Å². The van der Waals surface area contributed by atoms with Gasteiger partial charge in [-0.1, -0.05) is 121 Å². The van der Waals surface area contributed by atoms with Crippen LogP contribution >= 0.6 is 0 Å². The third-order valence-corrected chi connectivity index (χ3v) is 8.45. The van der Waals surface area contributed by atoms with Gasteiger partial charge in [-0.2, -0.15) is 0 Å². The molecule has 6 aromatic carbocycles. The number of aliphatic hydroxyl groups excluding tert-OH is 1. The molecule has 2 nitrogen and oxygen atoms in total. The van der Waals surface area contributed by atoms with Gasteiger partial charge in [0.1, 0.15) is 0 Å². The Bertz CT molecular complexity index is 1930. The highest BCUT2D eigenvalue weighted by atomic mass is 16.3. The first-order chi connectivity index (χ1) is 20.2. The number of fused-ring (bicyclic) bond motifs is 3. The monoisotopic (exact) mass is 529 g/mol. The van der Waals surface area contributed by atoms with Crippen LogP contribution in [0.15, 0.2) is 152 Å². The Morgan fingerprint density at radius 1 is 0.537 bits per heavy atom. The van der Waals surface area contributed by atoms with Gasteiger partial charge in [0, 0.05) is 16.5 Å². The number of hydrogen-bond acceptors (Lipinski definition) is 1. The fourth-order valence-corrected chi connectivity index (χ4v) is 6.70. The lowest BCUT2D eigenvalue weighted by Gasteiger charge is -2.39. The summed E-state index contributed by atoms with van der Waals surface area (Å²) in [6.45, 7) is 2.11. The van der Waals surface area contributed by atoms with Crippen molar-refractivity contribution in [3.05, 3.63) is 185 Å². The molecule has 0 bridgehead atoms. The van der Waals surface area contributed by atoms with E-state index in [0.717, 1.165) is 27.8 Å². The van der Waals surface area contributed by atoms with Crippen molar-refractivity contribution in [1.29, 1.82) is 0 Å². The predicted molar refractivity (Wildman–Crippen MR) is 170 cm³/mol. The second kappa shape index (κ2) is 10.2. The van der Waals surface area contributed by atoms with Crippen molar-refractivity contribution in [2.75, 3.05) is 0 Å². The number of aromatic nitrogens is 1. The molecule has 7 aromatic rings. The Balaban J connectivity index is 1.68. The lowest BCUT2D eigenvalue weighted by atomic mass is 9.63. The van der Waals surface area contributed by atoms with Gasteiger partial charge in [0.15, 0.2) is 0 Å². The highest BCUT2D eigenvalue weighted by Gasteiger charge is 2.41. The van der Waals surface area contributed by atoms with E-state index in [1.165, 1.54) is 33.0 Å². The summed E-state index contributed by atoms with van der Waals surface area (Å²) in [5.41, 5.74) is 9.45. The van der Waals surface area contributed by atoms with E-state index in [-0.39, 0.29) is 6.61 Å². The molecule has 1 heterocycles. The molecule has 0 atom stereocenters. The fraction of sp³-hybridized carbons (Fsp3) is 0.0769. The SMILES string of the molecule is Cc1ccccc1C(c1ccccc1)(c1ccccc1)c1cc2c3ccccc3n(-c3ccccc3)c2cc1CO. The normalized spacial score (nSPS) is 11.8. The van der Waals surface area contributed by atoms with Gasteiger partial charge >= 0.3 is 0 Å². The molecule has 0 aliphatic heterocycles. The molecular weight excluding hydrogens is 498 g/mol. The Morgan fingerprint density at radius 3 is 1.73 bits per heavy atom. The number of hydrogen-bond donors (Lipinski definition) is 1. The quantitative estimate of drug-likeness (QED) is 0.214. The summed E-state index contributed by atoms with van der Waals surface area (Å²) in [7, 11) is 0. The molecule has 1 aromatic heterocycles. The third kappa shape index (κ3) is 3.91. The van der Waals surface area contributed by atoms with Crippen molar-refractivity contribution in [3.63, 3.8) is 0 Å². The average Bonchev–Trinajstić information content (AvgIpc) is 3.36. The van der Waals surface area contributed by atoms with Crippen LogP contribution in [-0.4, -0.2) is 9.67 Å². The number of aryl methyl sites for hydroxylation is 1. The number of rotatable bonds is 6. The number of aliphatic hydroxyl groups is 1. The van der Waals surface area contributed by atoms with Gasteiger partial charge in [-0.3, -0.25) is 0 Å². The van der Waals surface area contributed by atoms with Crippen LogP contribution < -0.4 is 0 Å². The van der Waals surface area contributed by atoms with Crippen LogP contribution in [0.4, 0.5) is 0 Å². The standard InChI is InChI=1S/C39H31NO/c1-28-15-11-13-23-35(28)39(30-16-5-2-6-17-30,31-18-7-3-8-19-31)36-26-34-33-22-12-14-24-37(33)40(32-20-9-4-10-21-32)38(34)25-29(36)27-41/h2-26,41H,27H2,1H3. The molecule has 0 radical (unpaired) electrons. The van der Waals surface area contributed by atoms with Crippen LogP contribution in [0.3, 0.4) is 0 Å². The predicted octanol–water partition coefficient (Wildman–Crippen LogP) is 8.97. The summed E-state index contributed by atoms with van der Waals surface area (Å²) in [5.74, 6) is 0. The van der Waals surface area contributed by atoms with Gasteiger partial charge in [0.25, 0.3) is 0 Å². The van der Waals surface area contributed by atoms with E-state index < -0.39 is 5.41 Å². The summed E-state index contributed by atoms with van der Waals surface area (Å²) in [4.78, 5) is 0. The Hall–Kier alpha value is -4.92. The molecule has 2 heteroatoms. The zero-order valence-corrected chi connectivity index (χ0v) is 23.0. The first-order valence-corrected chi connectivity index (χ1v) is 14.1. The van der Waals surface area contributed by atoms with Crippen molar-refractivity contribution in [2.24, 2.45) is 0 Å². The van der Waals surface area contributed by atoms with Crippen molar-refractivity contribution >= 4 is 21.8 Å². The molecule has 0 unspecified atom stereocenters. The third-order valence-electron chi connectivity index (χ3n) is 8.45. The van der Waals surface area contributed by atoms with Gasteiger partial charge in [-0.15, -0.1) is 0 Å². The fourth-order valence-electron chi connectivity index (χ4n) is 6.70. The minimum atomic E-state index is -0.643. The van der Waals surface area contributed by atoms with Crippen LogP contribution in [0.2, 0.25) is 0 Å². The maximum absolute atomic E-state index is 11.1.